The van der Waals surface area contributed by atoms with Crippen molar-refractivity contribution in [2.75, 3.05) is 11.9 Å². The van der Waals surface area contributed by atoms with Gasteiger partial charge in [-0.15, -0.1) is 0 Å². The van der Waals surface area contributed by atoms with Gasteiger partial charge in [0.1, 0.15) is 0 Å². The maximum atomic E-state index is 5.89. The van der Waals surface area contributed by atoms with Crippen molar-refractivity contribution in [1.82, 2.24) is 8.75 Å². The summed E-state index contributed by atoms with van der Waals surface area (Å²) in [5.41, 5.74) is 0.465. The number of nitrogens with one attached hydrogen (secondary N) is 1. The van der Waals surface area contributed by atoms with E-state index in [4.69, 9.17) is 11.6 Å². The monoisotopic (exact) mass is 245 g/mol. The van der Waals surface area contributed by atoms with Crippen molar-refractivity contribution in [2.24, 2.45) is 5.41 Å². The van der Waals surface area contributed by atoms with E-state index in [-0.39, 0.29) is 0 Å². The molecule has 0 atom stereocenters. The van der Waals surface area contributed by atoms with Crippen molar-refractivity contribution in [3.8, 4) is 0 Å². The lowest BCUT2D eigenvalue weighted by Gasteiger charge is -2.27. The zero-order chi connectivity index (χ0) is 10.7. The smallest absolute Gasteiger partial charge is 0.186 e. The highest BCUT2D eigenvalue weighted by Gasteiger charge is 2.31. The molecule has 1 heterocycles. The Balaban J connectivity index is 1.94. The zero-order valence-corrected chi connectivity index (χ0v) is 10.5. The number of halogens is 1. The van der Waals surface area contributed by atoms with E-state index >= 15 is 0 Å². The van der Waals surface area contributed by atoms with Crippen molar-refractivity contribution in [3.05, 3.63) is 5.15 Å². The van der Waals surface area contributed by atoms with Gasteiger partial charge in [0.05, 0.1) is 11.7 Å². The molecule has 1 aromatic rings. The molecule has 1 N–H and O–H groups in total. The molecule has 84 valence electrons. The van der Waals surface area contributed by atoms with E-state index in [1.54, 1.807) is 0 Å². The third kappa shape index (κ3) is 2.42. The van der Waals surface area contributed by atoms with Crippen LogP contribution in [0, 0.1) is 5.41 Å². The predicted molar refractivity (Wildman–Crippen MR) is 64.6 cm³/mol. The van der Waals surface area contributed by atoms with E-state index < -0.39 is 0 Å². The Bertz CT molecular complexity index is 320. The summed E-state index contributed by atoms with van der Waals surface area (Å²) in [6.45, 7) is 3.25. The first kappa shape index (κ1) is 11.1. The van der Waals surface area contributed by atoms with Gasteiger partial charge >= 0.3 is 0 Å². The van der Waals surface area contributed by atoms with Crippen LogP contribution in [0.5, 0.6) is 0 Å². The number of anilines is 1. The summed E-state index contributed by atoms with van der Waals surface area (Å²) in [6.07, 6.45) is 6.60. The van der Waals surface area contributed by atoms with Gasteiger partial charge in [0, 0.05) is 6.54 Å². The standard InChI is InChI=1S/C10H16ClN3S/c1-2-10(5-3-4-6-10)7-12-9-8(11)13-15-14-9/h2-7H2,1H3,(H,12,14). The highest BCUT2D eigenvalue weighted by atomic mass is 35.5. The molecular weight excluding hydrogens is 230 g/mol. The van der Waals surface area contributed by atoms with Crippen LogP contribution in [0.4, 0.5) is 5.82 Å². The number of hydrogen-bond acceptors (Lipinski definition) is 4. The molecule has 0 bridgehead atoms. The Morgan fingerprint density at radius 3 is 2.67 bits per heavy atom. The van der Waals surface area contributed by atoms with Crippen LogP contribution >= 0.6 is 23.3 Å². The number of aromatic nitrogens is 2. The summed E-state index contributed by atoms with van der Waals surface area (Å²) < 4.78 is 8.07. The van der Waals surface area contributed by atoms with Crippen molar-refractivity contribution in [2.45, 2.75) is 39.0 Å². The Hall–Kier alpha value is -0.350. The molecule has 15 heavy (non-hydrogen) atoms. The first-order valence-corrected chi connectivity index (χ1v) is 6.58. The first-order chi connectivity index (χ1) is 7.26. The van der Waals surface area contributed by atoms with Gasteiger partial charge in [-0.3, -0.25) is 0 Å². The second-order valence-corrected chi connectivity index (χ2v) is 5.20. The van der Waals surface area contributed by atoms with Crippen LogP contribution in [0.1, 0.15) is 39.0 Å². The second kappa shape index (κ2) is 4.66. The van der Waals surface area contributed by atoms with E-state index in [1.165, 1.54) is 32.1 Å². The Kier molecular flexibility index (Phi) is 3.46. The third-order valence-corrected chi connectivity index (χ3v) is 4.39. The van der Waals surface area contributed by atoms with Gasteiger partial charge in [0.25, 0.3) is 0 Å². The summed E-state index contributed by atoms with van der Waals surface area (Å²) >= 11 is 7.05. The lowest BCUT2D eigenvalue weighted by atomic mass is 9.83. The number of nitrogens with zero attached hydrogens (tertiary/aromatic N) is 2. The average molecular weight is 246 g/mol. The van der Waals surface area contributed by atoms with Crippen LogP contribution in [0.2, 0.25) is 5.15 Å². The molecule has 1 saturated carbocycles. The summed E-state index contributed by atoms with van der Waals surface area (Å²) in [6, 6.07) is 0. The minimum absolute atomic E-state index is 0.465. The first-order valence-electron chi connectivity index (χ1n) is 5.48. The van der Waals surface area contributed by atoms with Gasteiger partial charge in [0.15, 0.2) is 11.0 Å². The van der Waals surface area contributed by atoms with Crippen LogP contribution in [-0.2, 0) is 0 Å². The fraction of sp³-hybridized carbons (Fsp3) is 0.800. The lowest BCUT2D eigenvalue weighted by molar-refractivity contribution is 0.306. The molecular formula is C10H16ClN3S. The lowest BCUT2D eigenvalue weighted by Crippen LogP contribution is -2.26. The minimum atomic E-state index is 0.465. The summed E-state index contributed by atoms with van der Waals surface area (Å²) in [5, 5.41) is 3.84. The molecule has 0 saturated heterocycles. The van der Waals surface area contributed by atoms with E-state index in [0.717, 1.165) is 24.1 Å². The Morgan fingerprint density at radius 2 is 2.13 bits per heavy atom. The predicted octanol–water partition coefficient (Wildman–Crippen LogP) is 3.57. The maximum Gasteiger partial charge on any atom is 0.186 e. The molecule has 3 nitrogen and oxygen atoms in total. The zero-order valence-electron chi connectivity index (χ0n) is 8.92. The Labute approximate surface area is 99.6 Å². The average Bonchev–Trinajstić information content (AvgIpc) is 2.85. The van der Waals surface area contributed by atoms with E-state index in [2.05, 4.69) is 21.0 Å². The molecule has 1 aliphatic rings. The van der Waals surface area contributed by atoms with Crippen molar-refractivity contribution in [1.29, 1.82) is 0 Å². The quantitative estimate of drug-likeness (QED) is 0.881. The molecule has 5 heteroatoms. The van der Waals surface area contributed by atoms with Gasteiger partial charge in [-0.05, 0) is 24.7 Å². The molecule has 1 aromatic heterocycles. The third-order valence-electron chi connectivity index (χ3n) is 3.49. The normalized spacial score (nSPS) is 19.3. The van der Waals surface area contributed by atoms with E-state index in [9.17, 15) is 0 Å². The van der Waals surface area contributed by atoms with Crippen LogP contribution in [0.25, 0.3) is 0 Å². The fourth-order valence-corrected chi connectivity index (χ4v) is 3.02. The van der Waals surface area contributed by atoms with Crippen LogP contribution in [0.3, 0.4) is 0 Å². The van der Waals surface area contributed by atoms with Gasteiger partial charge in [0.2, 0.25) is 0 Å². The second-order valence-electron chi connectivity index (χ2n) is 4.32. The number of hydrogen-bond donors (Lipinski definition) is 1. The highest BCUT2D eigenvalue weighted by molar-refractivity contribution is 6.99. The molecule has 0 aliphatic heterocycles. The molecule has 0 spiro atoms. The molecule has 0 unspecified atom stereocenters. The molecule has 1 aliphatic carbocycles. The minimum Gasteiger partial charge on any atom is -0.366 e. The molecule has 0 radical (unpaired) electrons. The van der Waals surface area contributed by atoms with Crippen molar-refractivity contribution < 1.29 is 0 Å². The van der Waals surface area contributed by atoms with Crippen molar-refractivity contribution >= 4 is 29.1 Å². The summed E-state index contributed by atoms with van der Waals surface area (Å²) in [4.78, 5) is 0. The van der Waals surface area contributed by atoms with Crippen LogP contribution < -0.4 is 5.32 Å². The van der Waals surface area contributed by atoms with Gasteiger partial charge in [-0.2, -0.15) is 8.75 Å². The summed E-state index contributed by atoms with van der Waals surface area (Å²) in [7, 11) is 0. The van der Waals surface area contributed by atoms with Crippen LogP contribution in [-0.4, -0.2) is 15.3 Å². The fourth-order valence-electron chi connectivity index (χ4n) is 2.33. The van der Waals surface area contributed by atoms with E-state index in [1.807, 2.05) is 0 Å². The maximum absolute atomic E-state index is 5.89. The molecule has 2 rings (SSSR count). The van der Waals surface area contributed by atoms with Crippen molar-refractivity contribution in [3.63, 3.8) is 0 Å². The highest BCUT2D eigenvalue weighted by Crippen LogP contribution is 2.41. The van der Waals surface area contributed by atoms with Crippen LogP contribution in [0.15, 0.2) is 0 Å². The SMILES string of the molecule is CCC1(CNc2nsnc2Cl)CCCC1. The molecule has 1 fully saturated rings. The van der Waals surface area contributed by atoms with Gasteiger partial charge < -0.3 is 5.32 Å². The van der Waals surface area contributed by atoms with Gasteiger partial charge in [-0.25, -0.2) is 0 Å². The van der Waals surface area contributed by atoms with E-state index in [0.29, 0.717) is 10.6 Å². The largest absolute Gasteiger partial charge is 0.366 e. The topological polar surface area (TPSA) is 37.8 Å². The molecule has 0 amide bonds. The molecule has 0 aromatic carbocycles. The van der Waals surface area contributed by atoms with Gasteiger partial charge in [-0.1, -0.05) is 31.4 Å². The Morgan fingerprint density at radius 1 is 1.40 bits per heavy atom. The number of rotatable bonds is 4. The summed E-state index contributed by atoms with van der Waals surface area (Å²) in [5.74, 6) is 0.751.